The molecule has 0 aliphatic heterocycles. The zero-order valence-electron chi connectivity index (χ0n) is 18.3. The molecule has 2 fully saturated rings. The Bertz CT molecular complexity index is 1100. The number of aromatic nitrogens is 2. The van der Waals surface area contributed by atoms with Crippen LogP contribution in [-0.2, 0) is 0 Å². The predicted molar refractivity (Wildman–Crippen MR) is 124 cm³/mol. The lowest BCUT2D eigenvalue weighted by Gasteiger charge is -2.15. The molecule has 0 radical (unpaired) electrons. The molecular weight excluding hydrogens is 400 g/mol. The molecule has 2 N–H and O–H groups in total. The van der Waals surface area contributed by atoms with Gasteiger partial charge in [-0.15, -0.1) is 0 Å². The zero-order chi connectivity index (χ0) is 22.6. The number of imidazole rings is 1. The monoisotopic (exact) mass is 428 g/mol. The maximum atomic E-state index is 9.94. The molecule has 0 bridgehead atoms. The van der Waals surface area contributed by atoms with Gasteiger partial charge >= 0.3 is 6.09 Å². The highest BCUT2D eigenvalue weighted by Crippen LogP contribution is 2.34. The standard InChI is InChI=1S/C21H19N3.C5H9NO2/c22-13-16-5-7-17(8-6-16)18-9-11-19(12-10-18)21-14-23-15-24(21)20-3-1-2-4-20;1-5(2-3-5)6-4(7)8/h5-12,14-15,20H,1-4H2;6H,2-3H2,1H3,(H,7,8). The number of hydrogen-bond donors (Lipinski definition) is 2. The molecule has 6 nitrogen and oxygen atoms in total. The molecule has 2 saturated carbocycles. The molecule has 2 aromatic carbocycles. The Labute approximate surface area is 188 Å². The second-order valence-corrected chi connectivity index (χ2v) is 8.88. The SMILES string of the molecule is CC1(NC(=O)O)CC1.N#Cc1ccc(-c2ccc(-c3cncn3C3CCCC3)cc2)cc1. The van der Waals surface area contributed by atoms with Crippen LogP contribution in [-0.4, -0.2) is 26.3 Å². The number of nitriles is 1. The van der Waals surface area contributed by atoms with Gasteiger partial charge in [-0.3, -0.25) is 0 Å². The van der Waals surface area contributed by atoms with Crippen LogP contribution in [0.25, 0.3) is 22.4 Å². The van der Waals surface area contributed by atoms with Crippen molar-refractivity contribution in [3.05, 3.63) is 66.6 Å². The molecule has 1 aromatic heterocycles. The van der Waals surface area contributed by atoms with Crippen molar-refractivity contribution >= 4 is 6.09 Å². The van der Waals surface area contributed by atoms with E-state index in [1.165, 1.54) is 36.9 Å². The summed E-state index contributed by atoms with van der Waals surface area (Å²) in [7, 11) is 0. The van der Waals surface area contributed by atoms with E-state index in [1.54, 1.807) is 0 Å². The van der Waals surface area contributed by atoms with Gasteiger partial charge in [0.15, 0.2) is 0 Å². The lowest BCUT2D eigenvalue weighted by atomic mass is 10.0. The quantitative estimate of drug-likeness (QED) is 0.532. The number of carbonyl (C=O) groups is 1. The van der Waals surface area contributed by atoms with E-state index in [1.807, 2.05) is 43.7 Å². The molecule has 6 heteroatoms. The summed E-state index contributed by atoms with van der Waals surface area (Å²) >= 11 is 0. The van der Waals surface area contributed by atoms with E-state index in [-0.39, 0.29) is 5.54 Å². The molecule has 32 heavy (non-hydrogen) atoms. The second kappa shape index (κ2) is 9.27. The first kappa shape index (κ1) is 21.6. The van der Waals surface area contributed by atoms with Crippen molar-refractivity contribution < 1.29 is 9.90 Å². The number of benzene rings is 2. The zero-order valence-corrected chi connectivity index (χ0v) is 18.3. The van der Waals surface area contributed by atoms with Gasteiger partial charge in [-0.05, 0) is 61.4 Å². The molecule has 0 saturated heterocycles. The largest absolute Gasteiger partial charge is 0.465 e. The van der Waals surface area contributed by atoms with Crippen molar-refractivity contribution in [2.45, 2.75) is 57.0 Å². The first-order chi connectivity index (χ1) is 15.5. The molecular formula is C26H28N4O2. The summed E-state index contributed by atoms with van der Waals surface area (Å²) in [6, 6.07) is 19.1. The molecule has 164 valence electrons. The van der Waals surface area contributed by atoms with E-state index in [9.17, 15) is 4.79 Å². The van der Waals surface area contributed by atoms with Crippen LogP contribution in [0.3, 0.4) is 0 Å². The van der Waals surface area contributed by atoms with Gasteiger partial charge in [0.25, 0.3) is 0 Å². The Kier molecular flexibility index (Phi) is 6.27. The van der Waals surface area contributed by atoms with Crippen molar-refractivity contribution in [3.8, 4) is 28.5 Å². The van der Waals surface area contributed by atoms with Crippen LogP contribution in [0.1, 0.15) is 57.1 Å². The number of amides is 1. The average Bonchev–Trinajstić information content (AvgIpc) is 3.21. The summed E-state index contributed by atoms with van der Waals surface area (Å²) in [5.41, 5.74) is 5.31. The summed E-state index contributed by atoms with van der Waals surface area (Å²) in [6.07, 6.45) is 10.2. The Morgan fingerprint density at radius 3 is 2.12 bits per heavy atom. The minimum absolute atomic E-state index is 0.0775. The summed E-state index contributed by atoms with van der Waals surface area (Å²) in [4.78, 5) is 14.3. The van der Waals surface area contributed by atoms with Crippen LogP contribution < -0.4 is 5.32 Å². The highest BCUT2D eigenvalue weighted by atomic mass is 16.4. The minimum atomic E-state index is -0.912. The molecule has 0 atom stereocenters. The van der Waals surface area contributed by atoms with Crippen LogP contribution in [0, 0.1) is 11.3 Å². The van der Waals surface area contributed by atoms with Gasteiger partial charge in [0.1, 0.15) is 0 Å². The lowest BCUT2D eigenvalue weighted by molar-refractivity contribution is 0.189. The van der Waals surface area contributed by atoms with E-state index in [2.05, 4.69) is 45.2 Å². The van der Waals surface area contributed by atoms with Crippen LogP contribution in [0.5, 0.6) is 0 Å². The maximum absolute atomic E-state index is 9.94. The number of rotatable bonds is 4. The Balaban J connectivity index is 0.000000260. The van der Waals surface area contributed by atoms with E-state index >= 15 is 0 Å². The first-order valence-corrected chi connectivity index (χ1v) is 11.1. The molecule has 2 aliphatic carbocycles. The highest BCUT2D eigenvalue weighted by molar-refractivity contribution is 5.69. The highest BCUT2D eigenvalue weighted by Gasteiger charge is 2.38. The Hall–Kier alpha value is -3.59. The molecule has 0 spiro atoms. The van der Waals surface area contributed by atoms with Gasteiger partial charge in [0.05, 0.1) is 29.9 Å². The van der Waals surface area contributed by atoms with Crippen LogP contribution in [0.15, 0.2) is 61.1 Å². The Morgan fingerprint density at radius 1 is 1.06 bits per heavy atom. The summed E-state index contributed by atoms with van der Waals surface area (Å²) in [5.74, 6) is 0. The van der Waals surface area contributed by atoms with E-state index < -0.39 is 6.09 Å². The normalized spacial score (nSPS) is 16.5. The van der Waals surface area contributed by atoms with Crippen molar-refractivity contribution in [3.63, 3.8) is 0 Å². The van der Waals surface area contributed by atoms with E-state index in [0.717, 1.165) is 24.0 Å². The average molecular weight is 429 g/mol. The van der Waals surface area contributed by atoms with Crippen LogP contribution in [0.2, 0.25) is 0 Å². The molecule has 2 aliphatic rings. The van der Waals surface area contributed by atoms with Gasteiger partial charge in [-0.25, -0.2) is 9.78 Å². The lowest BCUT2D eigenvalue weighted by Crippen LogP contribution is -2.32. The van der Waals surface area contributed by atoms with Crippen LogP contribution in [0.4, 0.5) is 4.79 Å². The van der Waals surface area contributed by atoms with E-state index in [4.69, 9.17) is 10.4 Å². The van der Waals surface area contributed by atoms with Gasteiger partial charge < -0.3 is 15.0 Å². The maximum Gasteiger partial charge on any atom is 0.405 e. The molecule has 1 amide bonds. The van der Waals surface area contributed by atoms with Gasteiger partial charge in [-0.2, -0.15) is 5.26 Å². The van der Waals surface area contributed by atoms with Crippen LogP contribution >= 0.6 is 0 Å². The molecule has 5 rings (SSSR count). The fraction of sp³-hybridized carbons (Fsp3) is 0.346. The van der Waals surface area contributed by atoms with Gasteiger partial charge in [0.2, 0.25) is 0 Å². The number of hydrogen-bond acceptors (Lipinski definition) is 3. The fourth-order valence-electron chi connectivity index (χ4n) is 4.14. The topological polar surface area (TPSA) is 90.9 Å². The van der Waals surface area contributed by atoms with Gasteiger partial charge in [0, 0.05) is 11.6 Å². The minimum Gasteiger partial charge on any atom is -0.465 e. The third-order valence-corrected chi connectivity index (χ3v) is 6.32. The number of nitrogens with one attached hydrogen (secondary N) is 1. The summed E-state index contributed by atoms with van der Waals surface area (Å²) in [6.45, 7) is 1.90. The number of carboxylic acid groups (broad SMARTS) is 1. The van der Waals surface area contributed by atoms with Gasteiger partial charge in [-0.1, -0.05) is 49.2 Å². The summed E-state index contributed by atoms with van der Waals surface area (Å²) < 4.78 is 2.34. The molecule has 0 unspecified atom stereocenters. The molecule has 3 aromatic rings. The fourth-order valence-corrected chi connectivity index (χ4v) is 4.14. The first-order valence-electron chi connectivity index (χ1n) is 11.1. The third kappa shape index (κ3) is 5.17. The second-order valence-electron chi connectivity index (χ2n) is 8.88. The van der Waals surface area contributed by atoms with Crippen molar-refractivity contribution in [2.24, 2.45) is 0 Å². The number of nitrogens with zero attached hydrogens (tertiary/aromatic N) is 3. The van der Waals surface area contributed by atoms with E-state index in [0.29, 0.717) is 11.6 Å². The summed E-state index contributed by atoms with van der Waals surface area (Å²) in [5, 5.41) is 19.5. The Morgan fingerprint density at radius 2 is 1.62 bits per heavy atom. The smallest absolute Gasteiger partial charge is 0.405 e. The molecule has 1 heterocycles. The van der Waals surface area contributed by atoms with Crippen molar-refractivity contribution in [2.75, 3.05) is 0 Å². The van der Waals surface area contributed by atoms with Crippen molar-refractivity contribution in [1.82, 2.24) is 14.9 Å². The third-order valence-electron chi connectivity index (χ3n) is 6.32. The predicted octanol–water partition coefficient (Wildman–Crippen LogP) is 6.01. The van der Waals surface area contributed by atoms with Crippen molar-refractivity contribution in [1.29, 1.82) is 5.26 Å².